The Morgan fingerprint density at radius 2 is 1.89 bits per heavy atom. The van der Waals surface area contributed by atoms with Crippen LogP contribution in [-0.2, 0) is 9.47 Å². The van der Waals surface area contributed by atoms with Crippen molar-refractivity contribution in [1.82, 2.24) is 5.32 Å². The molecule has 3 nitrogen and oxygen atoms in total. The first-order valence-electron chi connectivity index (χ1n) is 7.75. The van der Waals surface area contributed by atoms with Gasteiger partial charge in [0.25, 0.3) is 0 Å². The molecule has 0 radical (unpaired) electrons. The Kier molecular flexibility index (Phi) is 6.28. The molecule has 0 bridgehead atoms. The normalized spacial score (nSPS) is 27.5. The standard InChI is InChI=1S/C16H33NO2/c1-7-17-14-13(9-8-10-16(14,5)6)18-11-12-19-15(2,3)4/h13-14,17H,7-12H2,1-6H3. The van der Waals surface area contributed by atoms with Gasteiger partial charge < -0.3 is 14.8 Å². The van der Waals surface area contributed by atoms with E-state index in [9.17, 15) is 0 Å². The summed E-state index contributed by atoms with van der Waals surface area (Å²) in [5, 5.41) is 3.62. The zero-order valence-electron chi connectivity index (χ0n) is 13.7. The van der Waals surface area contributed by atoms with Crippen LogP contribution in [0.4, 0.5) is 0 Å². The maximum atomic E-state index is 6.09. The van der Waals surface area contributed by atoms with Gasteiger partial charge in [-0.2, -0.15) is 0 Å². The van der Waals surface area contributed by atoms with Gasteiger partial charge in [-0.25, -0.2) is 0 Å². The van der Waals surface area contributed by atoms with Gasteiger partial charge in [0.2, 0.25) is 0 Å². The topological polar surface area (TPSA) is 30.5 Å². The summed E-state index contributed by atoms with van der Waals surface area (Å²) in [7, 11) is 0. The number of rotatable bonds is 6. The highest BCUT2D eigenvalue weighted by Crippen LogP contribution is 2.36. The lowest BCUT2D eigenvalue weighted by molar-refractivity contribution is -0.0805. The maximum Gasteiger partial charge on any atom is 0.0734 e. The van der Waals surface area contributed by atoms with Crippen molar-refractivity contribution in [3.8, 4) is 0 Å². The fourth-order valence-electron chi connectivity index (χ4n) is 2.94. The highest BCUT2D eigenvalue weighted by Gasteiger charge is 2.38. The summed E-state index contributed by atoms with van der Waals surface area (Å²) in [5.74, 6) is 0. The summed E-state index contributed by atoms with van der Waals surface area (Å²) in [6, 6.07) is 0.459. The molecule has 0 aromatic carbocycles. The Balaban J connectivity index is 2.41. The van der Waals surface area contributed by atoms with Crippen molar-refractivity contribution < 1.29 is 9.47 Å². The van der Waals surface area contributed by atoms with Crippen molar-refractivity contribution in [2.45, 2.75) is 78.6 Å². The van der Waals surface area contributed by atoms with Crippen molar-refractivity contribution in [3.05, 3.63) is 0 Å². The minimum Gasteiger partial charge on any atom is -0.374 e. The Bertz CT molecular complexity index is 258. The molecule has 1 rings (SSSR count). The Hall–Kier alpha value is -0.120. The summed E-state index contributed by atoms with van der Waals surface area (Å²) in [5.41, 5.74) is 0.250. The molecule has 1 aliphatic rings. The average Bonchev–Trinajstić information content (AvgIpc) is 2.27. The molecule has 1 saturated carbocycles. The summed E-state index contributed by atoms with van der Waals surface area (Å²) in [6.45, 7) is 15.5. The molecule has 1 N–H and O–H groups in total. The van der Waals surface area contributed by atoms with Gasteiger partial charge in [-0.1, -0.05) is 27.2 Å². The van der Waals surface area contributed by atoms with E-state index in [1.165, 1.54) is 12.8 Å². The SMILES string of the molecule is CCNC1C(OCCOC(C)(C)C)CCCC1(C)C. The Morgan fingerprint density at radius 1 is 1.21 bits per heavy atom. The number of hydrogen-bond acceptors (Lipinski definition) is 3. The lowest BCUT2D eigenvalue weighted by atomic mass is 9.71. The highest BCUT2D eigenvalue weighted by molar-refractivity contribution is 4.94. The van der Waals surface area contributed by atoms with Crippen molar-refractivity contribution in [2.24, 2.45) is 5.41 Å². The van der Waals surface area contributed by atoms with E-state index in [1.54, 1.807) is 0 Å². The molecular weight excluding hydrogens is 238 g/mol. The minimum atomic E-state index is -0.0731. The molecular formula is C16H33NO2. The molecule has 1 aliphatic carbocycles. The fourth-order valence-corrected chi connectivity index (χ4v) is 2.94. The molecule has 2 unspecified atom stereocenters. The monoisotopic (exact) mass is 271 g/mol. The molecule has 0 aromatic heterocycles. The van der Waals surface area contributed by atoms with Crippen LogP contribution < -0.4 is 5.32 Å². The molecule has 0 aliphatic heterocycles. The quantitative estimate of drug-likeness (QED) is 0.751. The molecule has 114 valence electrons. The summed E-state index contributed by atoms with van der Waals surface area (Å²) >= 11 is 0. The van der Waals surface area contributed by atoms with Crippen LogP contribution in [-0.4, -0.2) is 37.5 Å². The van der Waals surface area contributed by atoms with E-state index in [2.05, 4.69) is 46.9 Å². The van der Waals surface area contributed by atoms with E-state index < -0.39 is 0 Å². The first kappa shape index (κ1) is 16.9. The van der Waals surface area contributed by atoms with Crippen LogP contribution in [0.25, 0.3) is 0 Å². The molecule has 0 heterocycles. The van der Waals surface area contributed by atoms with Crippen LogP contribution in [0.5, 0.6) is 0 Å². The maximum absolute atomic E-state index is 6.09. The third-order valence-electron chi connectivity index (χ3n) is 3.90. The van der Waals surface area contributed by atoms with Gasteiger partial charge in [-0.05, 0) is 45.6 Å². The van der Waals surface area contributed by atoms with Crippen LogP contribution in [0, 0.1) is 5.41 Å². The molecule has 0 amide bonds. The molecule has 0 spiro atoms. The molecule has 1 fully saturated rings. The molecule has 19 heavy (non-hydrogen) atoms. The van der Waals surface area contributed by atoms with Crippen LogP contribution in [0.1, 0.15) is 60.8 Å². The van der Waals surface area contributed by atoms with Gasteiger partial charge in [0.15, 0.2) is 0 Å². The van der Waals surface area contributed by atoms with Crippen molar-refractivity contribution in [2.75, 3.05) is 19.8 Å². The molecule has 0 saturated heterocycles. The van der Waals surface area contributed by atoms with Crippen molar-refractivity contribution in [3.63, 3.8) is 0 Å². The minimum absolute atomic E-state index is 0.0731. The molecule has 3 heteroatoms. The van der Waals surface area contributed by atoms with Gasteiger partial charge in [0, 0.05) is 6.04 Å². The number of likely N-dealkylation sites (N-methyl/N-ethyl adjacent to an activating group) is 1. The molecule has 0 aromatic rings. The average molecular weight is 271 g/mol. The van der Waals surface area contributed by atoms with Crippen molar-refractivity contribution in [1.29, 1.82) is 0 Å². The van der Waals surface area contributed by atoms with E-state index in [-0.39, 0.29) is 5.60 Å². The summed E-state index contributed by atoms with van der Waals surface area (Å²) in [6.07, 6.45) is 4.03. The van der Waals surface area contributed by atoms with Gasteiger partial charge in [-0.15, -0.1) is 0 Å². The second-order valence-electron chi connectivity index (χ2n) is 7.29. The first-order valence-corrected chi connectivity index (χ1v) is 7.75. The van der Waals surface area contributed by atoms with Gasteiger partial charge in [-0.3, -0.25) is 0 Å². The molecule has 2 atom stereocenters. The third-order valence-corrected chi connectivity index (χ3v) is 3.90. The summed E-state index contributed by atoms with van der Waals surface area (Å²) in [4.78, 5) is 0. The third kappa shape index (κ3) is 5.80. The first-order chi connectivity index (χ1) is 8.76. The van der Waals surface area contributed by atoms with E-state index >= 15 is 0 Å². The van der Waals surface area contributed by atoms with Gasteiger partial charge in [0.05, 0.1) is 24.9 Å². The number of ether oxygens (including phenoxy) is 2. The second kappa shape index (κ2) is 7.05. The highest BCUT2D eigenvalue weighted by atomic mass is 16.5. The van der Waals surface area contributed by atoms with Crippen molar-refractivity contribution >= 4 is 0 Å². The van der Waals surface area contributed by atoms with Gasteiger partial charge >= 0.3 is 0 Å². The largest absolute Gasteiger partial charge is 0.374 e. The lowest BCUT2D eigenvalue weighted by Crippen LogP contribution is -2.53. The zero-order valence-corrected chi connectivity index (χ0v) is 13.7. The smallest absolute Gasteiger partial charge is 0.0734 e. The van der Waals surface area contributed by atoms with Crippen LogP contribution in [0.3, 0.4) is 0 Å². The Labute approximate surface area is 119 Å². The van der Waals surface area contributed by atoms with Crippen LogP contribution >= 0.6 is 0 Å². The van der Waals surface area contributed by atoms with E-state index in [0.717, 1.165) is 13.0 Å². The lowest BCUT2D eigenvalue weighted by Gasteiger charge is -2.44. The fraction of sp³-hybridized carbons (Fsp3) is 1.00. The van der Waals surface area contributed by atoms with Crippen LogP contribution in [0.2, 0.25) is 0 Å². The predicted octanol–water partition coefficient (Wildman–Crippen LogP) is 3.37. The number of nitrogens with one attached hydrogen (secondary N) is 1. The van der Waals surface area contributed by atoms with E-state index in [0.29, 0.717) is 30.8 Å². The Morgan fingerprint density at radius 3 is 2.47 bits per heavy atom. The zero-order chi connectivity index (χ0) is 14.5. The summed E-state index contributed by atoms with van der Waals surface area (Å²) < 4.78 is 11.8. The second-order valence-corrected chi connectivity index (χ2v) is 7.29. The predicted molar refractivity (Wildman–Crippen MR) is 80.5 cm³/mol. The number of hydrogen-bond donors (Lipinski definition) is 1. The van der Waals surface area contributed by atoms with E-state index in [1.807, 2.05) is 0 Å². The van der Waals surface area contributed by atoms with Gasteiger partial charge in [0.1, 0.15) is 0 Å². The van der Waals surface area contributed by atoms with E-state index in [4.69, 9.17) is 9.47 Å². The van der Waals surface area contributed by atoms with Crippen LogP contribution in [0.15, 0.2) is 0 Å².